The fraction of sp³-hybridized carbons (Fsp3) is 0.0714. The Kier molecular flexibility index (Phi) is 3.57. The Morgan fingerprint density at radius 3 is 2.56 bits per heavy atom. The molecule has 0 saturated carbocycles. The Morgan fingerprint density at radius 2 is 1.89 bits per heavy atom. The predicted octanol–water partition coefficient (Wildman–Crippen LogP) is 3.67. The molecule has 0 heterocycles. The molecule has 0 aliphatic carbocycles. The van der Waals surface area contributed by atoms with Gasteiger partial charge in [-0.3, -0.25) is 5.32 Å². The summed E-state index contributed by atoms with van der Waals surface area (Å²) in [6.07, 6.45) is -0.584. The van der Waals surface area contributed by atoms with Gasteiger partial charge < -0.3 is 4.74 Å². The van der Waals surface area contributed by atoms with E-state index in [9.17, 15) is 9.18 Å². The number of rotatable bonds is 2. The summed E-state index contributed by atoms with van der Waals surface area (Å²) in [6, 6.07) is 13.4. The topological polar surface area (TPSA) is 38.3 Å². The maximum absolute atomic E-state index is 13.3. The Hall–Kier alpha value is -2.36. The van der Waals surface area contributed by atoms with Crippen molar-refractivity contribution in [2.45, 2.75) is 0 Å². The van der Waals surface area contributed by atoms with E-state index in [1.54, 1.807) is 0 Å². The fourth-order valence-electron chi connectivity index (χ4n) is 1.64. The third-order valence-electron chi connectivity index (χ3n) is 2.49. The molecule has 2 aromatic rings. The zero-order chi connectivity index (χ0) is 13.0. The number of carbonyl (C=O) groups is 1. The smallest absolute Gasteiger partial charge is 0.411 e. The van der Waals surface area contributed by atoms with E-state index < -0.39 is 6.09 Å². The first-order chi connectivity index (χ1) is 8.70. The van der Waals surface area contributed by atoms with E-state index in [1.165, 1.54) is 25.3 Å². The normalized spacial score (nSPS) is 9.89. The van der Waals surface area contributed by atoms with Crippen LogP contribution < -0.4 is 5.32 Å². The third-order valence-corrected chi connectivity index (χ3v) is 2.49. The number of amides is 1. The van der Waals surface area contributed by atoms with Crippen molar-refractivity contribution in [1.82, 2.24) is 0 Å². The van der Waals surface area contributed by atoms with Crippen LogP contribution in [0.15, 0.2) is 48.5 Å². The average Bonchev–Trinajstić information content (AvgIpc) is 2.41. The maximum Gasteiger partial charge on any atom is 0.411 e. The minimum Gasteiger partial charge on any atom is -0.453 e. The maximum atomic E-state index is 13.3. The highest BCUT2D eigenvalue weighted by Gasteiger charge is 2.09. The highest BCUT2D eigenvalue weighted by atomic mass is 19.1. The SMILES string of the molecule is COC(=O)Nc1ccc(F)cc1-c1ccccc1. The molecule has 0 fully saturated rings. The minimum absolute atomic E-state index is 0.357. The Bertz CT molecular complexity index is 555. The highest BCUT2D eigenvalue weighted by Crippen LogP contribution is 2.28. The molecule has 0 unspecified atom stereocenters. The molecule has 0 saturated heterocycles. The molecule has 0 bridgehead atoms. The van der Waals surface area contributed by atoms with Gasteiger partial charge in [-0.15, -0.1) is 0 Å². The van der Waals surface area contributed by atoms with E-state index in [1.807, 2.05) is 30.3 Å². The van der Waals surface area contributed by atoms with Gasteiger partial charge in [0.25, 0.3) is 0 Å². The summed E-state index contributed by atoms with van der Waals surface area (Å²) >= 11 is 0. The van der Waals surface area contributed by atoms with Crippen molar-refractivity contribution in [2.75, 3.05) is 12.4 Å². The van der Waals surface area contributed by atoms with Gasteiger partial charge in [0, 0.05) is 5.56 Å². The Balaban J connectivity index is 2.44. The van der Waals surface area contributed by atoms with Gasteiger partial charge in [0.15, 0.2) is 0 Å². The average molecular weight is 245 g/mol. The van der Waals surface area contributed by atoms with Gasteiger partial charge >= 0.3 is 6.09 Å². The molecule has 0 aromatic heterocycles. The van der Waals surface area contributed by atoms with Gasteiger partial charge in [0.05, 0.1) is 12.8 Å². The van der Waals surface area contributed by atoms with E-state index in [0.29, 0.717) is 11.3 Å². The summed E-state index contributed by atoms with van der Waals surface area (Å²) in [5.74, 6) is -0.357. The van der Waals surface area contributed by atoms with Crippen molar-refractivity contribution in [3.63, 3.8) is 0 Å². The number of hydrogen-bond acceptors (Lipinski definition) is 2. The van der Waals surface area contributed by atoms with E-state index in [2.05, 4.69) is 10.1 Å². The van der Waals surface area contributed by atoms with E-state index >= 15 is 0 Å². The molecule has 0 aliphatic rings. The Morgan fingerprint density at radius 1 is 1.17 bits per heavy atom. The van der Waals surface area contributed by atoms with Crippen LogP contribution in [0.2, 0.25) is 0 Å². The standard InChI is InChI=1S/C14H12FNO2/c1-18-14(17)16-13-8-7-11(15)9-12(13)10-5-3-2-4-6-10/h2-9H,1H3,(H,16,17). The van der Waals surface area contributed by atoms with E-state index in [-0.39, 0.29) is 5.82 Å². The van der Waals surface area contributed by atoms with Crippen molar-refractivity contribution in [3.05, 3.63) is 54.3 Å². The first-order valence-corrected chi connectivity index (χ1v) is 5.40. The summed E-state index contributed by atoms with van der Waals surface area (Å²) in [5.41, 5.74) is 1.94. The van der Waals surface area contributed by atoms with Crippen LogP contribution in [0.4, 0.5) is 14.9 Å². The Labute approximate surface area is 104 Å². The van der Waals surface area contributed by atoms with E-state index in [4.69, 9.17) is 0 Å². The van der Waals surface area contributed by atoms with Crippen LogP contribution in [0.1, 0.15) is 0 Å². The number of methoxy groups -OCH3 is 1. The summed E-state index contributed by atoms with van der Waals surface area (Å²) in [7, 11) is 1.28. The van der Waals surface area contributed by atoms with Crippen molar-refractivity contribution < 1.29 is 13.9 Å². The summed E-state index contributed by atoms with van der Waals surface area (Å²) in [4.78, 5) is 11.2. The first-order valence-electron chi connectivity index (χ1n) is 5.40. The molecule has 92 valence electrons. The molecular weight excluding hydrogens is 233 g/mol. The molecule has 2 rings (SSSR count). The van der Waals surface area contributed by atoms with E-state index in [0.717, 1.165) is 5.56 Å². The molecule has 1 N–H and O–H groups in total. The number of halogens is 1. The van der Waals surface area contributed by atoms with Crippen molar-refractivity contribution in [1.29, 1.82) is 0 Å². The fourth-order valence-corrected chi connectivity index (χ4v) is 1.64. The molecule has 3 nitrogen and oxygen atoms in total. The number of benzene rings is 2. The lowest BCUT2D eigenvalue weighted by atomic mass is 10.0. The summed E-state index contributed by atoms with van der Waals surface area (Å²) in [5, 5.41) is 2.56. The second kappa shape index (κ2) is 5.31. The molecule has 0 atom stereocenters. The van der Waals surface area contributed by atoms with Crippen LogP contribution in [-0.4, -0.2) is 13.2 Å². The van der Waals surface area contributed by atoms with Crippen molar-refractivity contribution in [3.8, 4) is 11.1 Å². The number of anilines is 1. The van der Waals surface area contributed by atoms with Crippen LogP contribution in [0.5, 0.6) is 0 Å². The number of nitrogens with one attached hydrogen (secondary N) is 1. The summed E-state index contributed by atoms with van der Waals surface area (Å²) in [6.45, 7) is 0. The lowest BCUT2D eigenvalue weighted by molar-refractivity contribution is 0.187. The van der Waals surface area contributed by atoms with Gasteiger partial charge in [0.1, 0.15) is 5.82 Å². The van der Waals surface area contributed by atoms with Crippen LogP contribution in [-0.2, 0) is 4.74 Å². The van der Waals surface area contributed by atoms with Crippen molar-refractivity contribution in [2.24, 2.45) is 0 Å². The lowest BCUT2D eigenvalue weighted by Crippen LogP contribution is -2.11. The molecule has 1 amide bonds. The number of hydrogen-bond donors (Lipinski definition) is 1. The first kappa shape index (κ1) is 12.1. The molecule has 0 aliphatic heterocycles. The number of carbonyl (C=O) groups excluding carboxylic acids is 1. The van der Waals surface area contributed by atoms with Crippen LogP contribution in [0, 0.1) is 5.82 Å². The van der Waals surface area contributed by atoms with Crippen LogP contribution in [0.25, 0.3) is 11.1 Å². The van der Waals surface area contributed by atoms with Gasteiger partial charge in [-0.2, -0.15) is 0 Å². The van der Waals surface area contributed by atoms with Crippen LogP contribution in [0.3, 0.4) is 0 Å². The second-order valence-electron chi connectivity index (χ2n) is 3.67. The quantitative estimate of drug-likeness (QED) is 0.876. The number of ether oxygens (including phenoxy) is 1. The molecular formula is C14H12FNO2. The lowest BCUT2D eigenvalue weighted by Gasteiger charge is -2.10. The third kappa shape index (κ3) is 2.66. The summed E-state index contributed by atoms with van der Waals surface area (Å²) < 4.78 is 17.8. The zero-order valence-corrected chi connectivity index (χ0v) is 9.81. The molecule has 0 spiro atoms. The highest BCUT2D eigenvalue weighted by molar-refractivity contribution is 5.91. The van der Waals surface area contributed by atoms with Gasteiger partial charge in [-0.1, -0.05) is 30.3 Å². The largest absolute Gasteiger partial charge is 0.453 e. The zero-order valence-electron chi connectivity index (χ0n) is 9.81. The van der Waals surface area contributed by atoms with Gasteiger partial charge in [-0.05, 0) is 23.8 Å². The van der Waals surface area contributed by atoms with Gasteiger partial charge in [0.2, 0.25) is 0 Å². The minimum atomic E-state index is -0.584. The van der Waals surface area contributed by atoms with Crippen molar-refractivity contribution >= 4 is 11.8 Å². The second-order valence-corrected chi connectivity index (χ2v) is 3.67. The molecule has 18 heavy (non-hydrogen) atoms. The van der Waals surface area contributed by atoms with Gasteiger partial charge in [-0.25, -0.2) is 9.18 Å². The predicted molar refractivity (Wildman–Crippen MR) is 67.9 cm³/mol. The molecule has 0 radical (unpaired) electrons. The van der Waals surface area contributed by atoms with Crippen LogP contribution >= 0.6 is 0 Å². The monoisotopic (exact) mass is 245 g/mol. The molecule has 4 heteroatoms. The molecule has 2 aromatic carbocycles.